The third-order valence-corrected chi connectivity index (χ3v) is 1.19. The average Bonchev–Trinajstić information content (AvgIpc) is 1.99. The second-order valence-electron chi connectivity index (χ2n) is 1.89. The Morgan fingerprint density at radius 2 is 2.20 bits per heavy atom. The standard InChI is InChI=1S/C8H12FN/c1-3-7(6-10)5-8(9)4-2/h4-6,10H,3H2,1-2H3/b7-5-,8-4+,10-6?. The van der Waals surface area contributed by atoms with E-state index in [1.165, 1.54) is 18.4 Å². The van der Waals surface area contributed by atoms with E-state index in [1.54, 1.807) is 6.92 Å². The number of hydrogen-bond acceptors (Lipinski definition) is 1. The van der Waals surface area contributed by atoms with E-state index in [2.05, 4.69) is 0 Å². The fraction of sp³-hybridized carbons (Fsp3) is 0.375. The first-order chi connectivity index (χ1) is 4.74. The van der Waals surface area contributed by atoms with Crippen molar-refractivity contribution in [2.45, 2.75) is 20.3 Å². The number of nitrogens with one attached hydrogen (secondary N) is 1. The zero-order chi connectivity index (χ0) is 7.98. The molecule has 0 unspecified atom stereocenters. The fourth-order valence-corrected chi connectivity index (χ4v) is 0.506. The number of hydrogen-bond donors (Lipinski definition) is 1. The molecule has 0 rings (SSSR count). The Hall–Kier alpha value is -0.920. The molecule has 0 aromatic rings. The maximum Gasteiger partial charge on any atom is 0.119 e. The van der Waals surface area contributed by atoms with Crippen LogP contribution in [0.4, 0.5) is 4.39 Å². The van der Waals surface area contributed by atoms with Gasteiger partial charge in [0.1, 0.15) is 5.83 Å². The summed E-state index contributed by atoms with van der Waals surface area (Å²) in [5, 5.41) is 6.84. The monoisotopic (exact) mass is 141 g/mol. The summed E-state index contributed by atoms with van der Waals surface area (Å²) in [5.41, 5.74) is 0.704. The number of halogens is 1. The largest absolute Gasteiger partial charge is 0.308 e. The van der Waals surface area contributed by atoms with Crippen molar-refractivity contribution in [2.24, 2.45) is 0 Å². The summed E-state index contributed by atoms with van der Waals surface area (Å²) in [6.07, 6.45) is 4.61. The highest BCUT2D eigenvalue weighted by Gasteiger charge is 1.89. The molecule has 0 aliphatic carbocycles. The Kier molecular flexibility index (Phi) is 4.46. The Labute approximate surface area is 60.8 Å². The molecule has 0 amide bonds. The lowest BCUT2D eigenvalue weighted by molar-refractivity contribution is 0.663. The molecule has 0 bridgehead atoms. The third-order valence-electron chi connectivity index (χ3n) is 1.19. The van der Waals surface area contributed by atoms with Gasteiger partial charge in [-0.15, -0.1) is 0 Å². The zero-order valence-electron chi connectivity index (χ0n) is 6.32. The van der Waals surface area contributed by atoms with Crippen LogP contribution in [-0.4, -0.2) is 6.21 Å². The molecular weight excluding hydrogens is 129 g/mol. The van der Waals surface area contributed by atoms with Gasteiger partial charge in [0.15, 0.2) is 0 Å². The van der Waals surface area contributed by atoms with E-state index in [0.29, 0.717) is 12.0 Å². The van der Waals surface area contributed by atoms with E-state index >= 15 is 0 Å². The van der Waals surface area contributed by atoms with Crippen molar-refractivity contribution >= 4 is 6.21 Å². The molecule has 0 radical (unpaired) electrons. The van der Waals surface area contributed by atoms with Crippen LogP contribution in [-0.2, 0) is 0 Å². The molecule has 0 aromatic heterocycles. The van der Waals surface area contributed by atoms with E-state index in [0.717, 1.165) is 0 Å². The summed E-state index contributed by atoms with van der Waals surface area (Å²) in [5.74, 6) is -0.277. The number of rotatable bonds is 3. The van der Waals surface area contributed by atoms with Crippen LogP contribution in [0.2, 0.25) is 0 Å². The van der Waals surface area contributed by atoms with E-state index < -0.39 is 0 Å². The molecule has 0 spiro atoms. The van der Waals surface area contributed by atoms with Crippen LogP contribution in [0.5, 0.6) is 0 Å². The van der Waals surface area contributed by atoms with Crippen molar-refractivity contribution in [1.29, 1.82) is 5.41 Å². The summed E-state index contributed by atoms with van der Waals surface area (Å²) in [6.45, 7) is 3.52. The minimum atomic E-state index is -0.277. The van der Waals surface area contributed by atoms with E-state index in [4.69, 9.17) is 5.41 Å². The van der Waals surface area contributed by atoms with Gasteiger partial charge in [0.2, 0.25) is 0 Å². The van der Waals surface area contributed by atoms with Crippen LogP contribution in [0.1, 0.15) is 20.3 Å². The minimum Gasteiger partial charge on any atom is -0.308 e. The highest BCUT2D eigenvalue weighted by molar-refractivity contribution is 5.76. The highest BCUT2D eigenvalue weighted by atomic mass is 19.1. The molecule has 0 atom stereocenters. The smallest absolute Gasteiger partial charge is 0.119 e. The molecule has 56 valence electrons. The van der Waals surface area contributed by atoms with Crippen molar-refractivity contribution in [3.05, 3.63) is 23.6 Å². The molecule has 1 nitrogen and oxygen atoms in total. The normalized spacial score (nSPS) is 13.5. The summed E-state index contributed by atoms with van der Waals surface area (Å²) in [6, 6.07) is 0. The van der Waals surface area contributed by atoms with Gasteiger partial charge in [-0.05, 0) is 25.0 Å². The van der Waals surface area contributed by atoms with Gasteiger partial charge in [-0.25, -0.2) is 4.39 Å². The second-order valence-corrected chi connectivity index (χ2v) is 1.89. The van der Waals surface area contributed by atoms with E-state index in [-0.39, 0.29) is 5.83 Å². The molecule has 0 fully saturated rings. The Morgan fingerprint density at radius 3 is 2.50 bits per heavy atom. The number of allylic oxidation sites excluding steroid dienone is 4. The van der Waals surface area contributed by atoms with Crippen molar-refractivity contribution < 1.29 is 4.39 Å². The predicted octanol–water partition coefficient (Wildman–Crippen LogP) is 2.85. The van der Waals surface area contributed by atoms with Gasteiger partial charge >= 0.3 is 0 Å². The molecular formula is C8H12FN. The molecule has 10 heavy (non-hydrogen) atoms. The lowest BCUT2D eigenvalue weighted by Crippen LogP contribution is -1.80. The first kappa shape index (κ1) is 9.08. The maximum absolute atomic E-state index is 12.4. The molecule has 0 saturated carbocycles. The lowest BCUT2D eigenvalue weighted by atomic mass is 10.2. The first-order valence-electron chi connectivity index (χ1n) is 3.27. The fourth-order valence-electron chi connectivity index (χ4n) is 0.506. The van der Waals surface area contributed by atoms with Crippen molar-refractivity contribution in [3.63, 3.8) is 0 Å². The van der Waals surface area contributed by atoms with Crippen LogP contribution in [0.15, 0.2) is 23.6 Å². The summed E-state index contributed by atoms with van der Waals surface area (Å²) >= 11 is 0. The van der Waals surface area contributed by atoms with Crippen LogP contribution < -0.4 is 0 Å². The minimum absolute atomic E-state index is 0.277. The van der Waals surface area contributed by atoms with Crippen molar-refractivity contribution in [1.82, 2.24) is 0 Å². The molecule has 0 heterocycles. The van der Waals surface area contributed by atoms with E-state index in [9.17, 15) is 4.39 Å². The topological polar surface area (TPSA) is 23.9 Å². The van der Waals surface area contributed by atoms with Crippen LogP contribution in [0.3, 0.4) is 0 Å². The van der Waals surface area contributed by atoms with E-state index in [1.807, 2.05) is 6.92 Å². The van der Waals surface area contributed by atoms with Gasteiger partial charge in [0.25, 0.3) is 0 Å². The Morgan fingerprint density at radius 1 is 1.60 bits per heavy atom. The average molecular weight is 141 g/mol. The highest BCUT2D eigenvalue weighted by Crippen LogP contribution is 2.04. The molecule has 0 aliphatic rings. The zero-order valence-corrected chi connectivity index (χ0v) is 6.32. The van der Waals surface area contributed by atoms with Crippen LogP contribution in [0.25, 0.3) is 0 Å². The van der Waals surface area contributed by atoms with Gasteiger partial charge in [-0.2, -0.15) is 0 Å². The van der Waals surface area contributed by atoms with Crippen LogP contribution in [0, 0.1) is 5.41 Å². The summed E-state index contributed by atoms with van der Waals surface area (Å²) in [7, 11) is 0. The predicted molar refractivity (Wildman–Crippen MR) is 42.0 cm³/mol. The second kappa shape index (κ2) is 4.91. The first-order valence-corrected chi connectivity index (χ1v) is 3.27. The SMILES string of the molecule is C/C=C(F)\C=C(/C=N)CC. The van der Waals surface area contributed by atoms with Crippen molar-refractivity contribution in [3.8, 4) is 0 Å². The van der Waals surface area contributed by atoms with Crippen molar-refractivity contribution in [2.75, 3.05) is 0 Å². The quantitative estimate of drug-likeness (QED) is 0.461. The summed E-state index contributed by atoms with van der Waals surface area (Å²) in [4.78, 5) is 0. The van der Waals surface area contributed by atoms with Gasteiger partial charge < -0.3 is 5.41 Å². The molecule has 0 saturated heterocycles. The maximum atomic E-state index is 12.4. The van der Waals surface area contributed by atoms with Gasteiger partial charge in [-0.1, -0.05) is 13.0 Å². The van der Waals surface area contributed by atoms with Gasteiger partial charge in [-0.3, -0.25) is 0 Å². The third kappa shape index (κ3) is 3.17. The van der Waals surface area contributed by atoms with Gasteiger partial charge in [0.05, 0.1) is 0 Å². The summed E-state index contributed by atoms with van der Waals surface area (Å²) < 4.78 is 12.4. The Bertz CT molecular complexity index is 168. The van der Waals surface area contributed by atoms with Crippen LogP contribution >= 0.6 is 0 Å². The molecule has 0 aliphatic heterocycles. The Balaban J connectivity index is 4.24. The molecule has 1 N–H and O–H groups in total. The lowest BCUT2D eigenvalue weighted by Gasteiger charge is -1.91. The molecule has 0 aromatic carbocycles. The van der Waals surface area contributed by atoms with Gasteiger partial charge in [0, 0.05) is 6.21 Å². The molecule has 2 heteroatoms.